The third-order valence-corrected chi connectivity index (χ3v) is 5.09. The molecule has 0 aliphatic rings. The number of carboxylic acid groups (broad SMARTS) is 1. The topological polar surface area (TPSA) is 93.0 Å². The van der Waals surface area contributed by atoms with Crippen LogP contribution in [0.15, 0.2) is 59.8 Å². The Labute approximate surface area is 200 Å². The minimum atomic E-state index is -4.45. The standard InChI is InChI=1S/C22H17F3IN3O4/c1-32-18-9-14(10-28-29-19-6-5-16(11-27-19)22(23,24)25)8-17(26)20(18)33-12-13-3-2-4-15(7-13)21(30)31/h2-11H,12H2,1H3,(H,27,29)(H,30,31)/b28-10-. The summed E-state index contributed by atoms with van der Waals surface area (Å²) >= 11 is 2.07. The minimum Gasteiger partial charge on any atom is -0.493 e. The first-order chi connectivity index (χ1) is 15.7. The summed E-state index contributed by atoms with van der Waals surface area (Å²) in [7, 11) is 1.48. The number of anilines is 1. The molecule has 0 unspecified atom stereocenters. The number of benzene rings is 2. The van der Waals surface area contributed by atoms with Crippen molar-refractivity contribution in [2.45, 2.75) is 12.8 Å². The molecule has 33 heavy (non-hydrogen) atoms. The Morgan fingerprint density at radius 1 is 1.24 bits per heavy atom. The molecular weight excluding hydrogens is 554 g/mol. The van der Waals surface area contributed by atoms with Gasteiger partial charge in [-0.3, -0.25) is 5.43 Å². The number of rotatable bonds is 8. The van der Waals surface area contributed by atoms with Gasteiger partial charge in [0.05, 0.1) is 28.0 Å². The van der Waals surface area contributed by atoms with Crippen LogP contribution in [0.4, 0.5) is 19.0 Å². The van der Waals surface area contributed by atoms with Crippen LogP contribution in [0.5, 0.6) is 11.5 Å². The van der Waals surface area contributed by atoms with Gasteiger partial charge in [-0.05, 0) is 70.1 Å². The smallest absolute Gasteiger partial charge is 0.417 e. The van der Waals surface area contributed by atoms with Crippen molar-refractivity contribution >= 4 is 40.6 Å². The van der Waals surface area contributed by atoms with Crippen molar-refractivity contribution in [2.75, 3.05) is 12.5 Å². The van der Waals surface area contributed by atoms with Crippen LogP contribution in [0.25, 0.3) is 0 Å². The molecule has 0 aliphatic heterocycles. The summed E-state index contributed by atoms with van der Waals surface area (Å²) in [5, 5.41) is 13.1. The highest BCUT2D eigenvalue weighted by molar-refractivity contribution is 14.1. The quantitative estimate of drug-likeness (QED) is 0.213. The average Bonchev–Trinajstić information content (AvgIpc) is 2.78. The summed E-state index contributed by atoms with van der Waals surface area (Å²) in [4.78, 5) is 14.8. The van der Waals surface area contributed by atoms with Gasteiger partial charge in [-0.25, -0.2) is 9.78 Å². The highest BCUT2D eigenvalue weighted by atomic mass is 127. The molecule has 0 amide bonds. The molecule has 172 valence electrons. The number of methoxy groups -OCH3 is 1. The number of ether oxygens (including phenoxy) is 2. The summed E-state index contributed by atoms with van der Waals surface area (Å²) in [5.41, 5.74) is 3.23. The molecule has 0 atom stereocenters. The monoisotopic (exact) mass is 571 g/mol. The highest BCUT2D eigenvalue weighted by Crippen LogP contribution is 2.34. The lowest BCUT2D eigenvalue weighted by Crippen LogP contribution is -2.05. The number of alkyl halides is 3. The van der Waals surface area contributed by atoms with Gasteiger partial charge < -0.3 is 14.6 Å². The molecular formula is C22H17F3IN3O4. The number of nitrogens with one attached hydrogen (secondary N) is 1. The molecule has 0 fully saturated rings. The van der Waals surface area contributed by atoms with E-state index in [-0.39, 0.29) is 18.0 Å². The Balaban J connectivity index is 1.69. The van der Waals surface area contributed by atoms with Crippen molar-refractivity contribution < 1.29 is 32.5 Å². The van der Waals surface area contributed by atoms with E-state index in [1.54, 1.807) is 24.3 Å². The van der Waals surface area contributed by atoms with E-state index in [9.17, 15) is 18.0 Å². The molecule has 0 saturated carbocycles. The first-order valence-corrected chi connectivity index (χ1v) is 10.4. The van der Waals surface area contributed by atoms with Crippen LogP contribution in [0.2, 0.25) is 0 Å². The fourth-order valence-electron chi connectivity index (χ4n) is 2.70. The Morgan fingerprint density at radius 2 is 2.03 bits per heavy atom. The number of aromatic carboxylic acids is 1. The second-order valence-electron chi connectivity index (χ2n) is 6.63. The van der Waals surface area contributed by atoms with Crippen LogP contribution < -0.4 is 14.9 Å². The molecule has 0 bridgehead atoms. The van der Waals surface area contributed by atoms with E-state index >= 15 is 0 Å². The third-order valence-electron chi connectivity index (χ3n) is 4.29. The zero-order valence-corrected chi connectivity index (χ0v) is 19.2. The van der Waals surface area contributed by atoms with E-state index < -0.39 is 17.7 Å². The van der Waals surface area contributed by atoms with Crippen LogP contribution >= 0.6 is 22.6 Å². The van der Waals surface area contributed by atoms with E-state index in [0.29, 0.717) is 22.6 Å². The largest absolute Gasteiger partial charge is 0.493 e. The van der Waals surface area contributed by atoms with Crippen LogP contribution in [0.3, 0.4) is 0 Å². The number of pyridine rings is 1. The SMILES string of the molecule is COc1cc(/C=N\Nc2ccc(C(F)(F)F)cn2)cc(I)c1OCc1cccc(C(=O)O)c1. The Kier molecular flexibility index (Phi) is 7.74. The predicted molar refractivity (Wildman–Crippen MR) is 124 cm³/mol. The van der Waals surface area contributed by atoms with Gasteiger partial charge in [0.2, 0.25) is 0 Å². The molecule has 11 heteroatoms. The van der Waals surface area contributed by atoms with Gasteiger partial charge in [-0.1, -0.05) is 12.1 Å². The maximum absolute atomic E-state index is 12.6. The summed E-state index contributed by atoms with van der Waals surface area (Å²) < 4.78 is 49.8. The van der Waals surface area contributed by atoms with Crippen molar-refractivity contribution in [3.8, 4) is 11.5 Å². The number of hydrogen-bond donors (Lipinski definition) is 2. The highest BCUT2D eigenvalue weighted by Gasteiger charge is 2.30. The summed E-state index contributed by atoms with van der Waals surface area (Å²) in [6, 6.07) is 12.0. The summed E-state index contributed by atoms with van der Waals surface area (Å²) in [6.45, 7) is 0.141. The van der Waals surface area contributed by atoms with E-state index in [0.717, 1.165) is 15.8 Å². The molecule has 0 spiro atoms. The fraction of sp³-hybridized carbons (Fsp3) is 0.136. The van der Waals surface area contributed by atoms with E-state index in [4.69, 9.17) is 14.6 Å². The van der Waals surface area contributed by atoms with Gasteiger partial charge >= 0.3 is 12.1 Å². The first-order valence-electron chi connectivity index (χ1n) is 9.32. The van der Waals surface area contributed by atoms with E-state index in [1.165, 1.54) is 31.5 Å². The molecule has 0 radical (unpaired) electrons. The van der Waals surface area contributed by atoms with Crippen LogP contribution in [-0.4, -0.2) is 29.4 Å². The average molecular weight is 571 g/mol. The number of nitrogens with zero attached hydrogens (tertiary/aromatic N) is 2. The number of halogens is 4. The third kappa shape index (κ3) is 6.57. The molecule has 3 rings (SSSR count). The van der Waals surface area contributed by atoms with Crippen LogP contribution in [-0.2, 0) is 12.8 Å². The molecule has 2 aromatic carbocycles. The van der Waals surface area contributed by atoms with E-state index in [2.05, 4.69) is 38.1 Å². The van der Waals surface area contributed by atoms with Gasteiger partial charge in [0.25, 0.3) is 0 Å². The number of carbonyl (C=O) groups is 1. The second kappa shape index (κ2) is 10.5. The van der Waals surface area contributed by atoms with Gasteiger partial charge in [-0.15, -0.1) is 0 Å². The number of hydrazone groups is 1. The minimum absolute atomic E-state index is 0.141. The Bertz CT molecular complexity index is 1170. The van der Waals surface area contributed by atoms with Gasteiger partial charge in [0.1, 0.15) is 12.4 Å². The first kappa shape index (κ1) is 24.3. The predicted octanol–water partition coefficient (Wildman–Crippen LogP) is 5.44. The Morgan fingerprint density at radius 3 is 2.67 bits per heavy atom. The molecule has 0 saturated heterocycles. The maximum atomic E-state index is 12.6. The normalized spacial score (nSPS) is 11.4. The molecule has 0 aliphatic carbocycles. The van der Waals surface area contributed by atoms with Crippen molar-refractivity contribution in [1.82, 2.24) is 4.98 Å². The molecule has 2 N–H and O–H groups in total. The van der Waals surface area contributed by atoms with Crippen molar-refractivity contribution in [3.05, 3.63) is 80.6 Å². The van der Waals surface area contributed by atoms with Gasteiger partial charge in [0.15, 0.2) is 11.5 Å². The van der Waals surface area contributed by atoms with Crippen molar-refractivity contribution in [2.24, 2.45) is 5.10 Å². The Hall–Kier alpha value is -3.35. The fourth-order valence-corrected chi connectivity index (χ4v) is 3.49. The van der Waals surface area contributed by atoms with Gasteiger partial charge in [0, 0.05) is 6.20 Å². The summed E-state index contributed by atoms with van der Waals surface area (Å²) in [5.74, 6) is 0.0518. The van der Waals surface area contributed by atoms with E-state index in [1.807, 2.05) is 0 Å². The number of carboxylic acids is 1. The second-order valence-corrected chi connectivity index (χ2v) is 7.79. The summed E-state index contributed by atoms with van der Waals surface area (Å²) in [6.07, 6.45) is -2.27. The van der Waals surface area contributed by atoms with Crippen molar-refractivity contribution in [1.29, 1.82) is 0 Å². The lowest BCUT2D eigenvalue weighted by molar-refractivity contribution is -0.137. The van der Waals surface area contributed by atoms with Gasteiger partial charge in [-0.2, -0.15) is 18.3 Å². The number of aromatic nitrogens is 1. The maximum Gasteiger partial charge on any atom is 0.417 e. The lowest BCUT2D eigenvalue weighted by Gasteiger charge is -2.14. The molecule has 1 heterocycles. The molecule has 1 aromatic heterocycles. The molecule has 7 nitrogen and oxygen atoms in total. The van der Waals surface area contributed by atoms with Crippen molar-refractivity contribution in [3.63, 3.8) is 0 Å². The zero-order valence-electron chi connectivity index (χ0n) is 17.1. The van der Waals surface area contributed by atoms with Crippen LogP contribution in [0, 0.1) is 3.57 Å². The number of hydrogen-bond acceptors (Lipinski definition) is 6. The lowest BCUT2D eigenvalue weighted by atomic mass is 10.1. The molecule has 3 aromatic rings. The zero-order chi connectivity index (χ0) is 24.0. The van der Waals surface area contributed by atoms with Crippen LogP contribution in [0.1, 0.15) is 27.0 Å².